The lowest BCUT2D eigenvalue weighted by Gasteiger charge is -2.12. The molecule has 0 bridgehead atoms. The van der Waals surface area contributed by atoms with Crippen molar-refractivity contribution < 1.29 is 4.79 Å². The molecule has 0 amide bonds. The maximum absolute atomic E-state index is 10.9. The van der Waals surface area contributed by atoms with E-state index < -0.39 is 0 Å². The smallest absolute Gasteiger partial charge is 0.134 e. The van der Waals surface area contributed by atoms with E-state index in [4.69, 9.17) is 0 Å². The van der Waals surface area contributed by atoms with Gasteiger partial charge in [-0.05, 0) is 24.6 Å². The summed E-state index contributed by atoms with van der Waals surface area (Å²) in [7, 11) is 3.99. The van der Waals surface area contributed by atoms with Crippen molar-refractivity contribution in [2.75, 3.05) is 19.0 Å². The summed E-state index contributed by atoms with van der Waals surface area (Å²) in [5.41, 5.74) is 2.22. The van der Waals surface area contributed by atoms with Crippen LogP contribution in [0, 0.1) is 0 Å². The van der Waals surface area contributed by atoms with Crippen LogP contribution >= 0.6 is 12.4 Å². The van der Waals surface area contributed by atoms with Gasteiger partial charge in [-0.1, -0.05) is 12.1 Å². The van der Waals surface area contributed by atoms with Gasteiger partial charge in [-0.15, -0.1) is 12.4 Å². The molecule has 2 nitrogen and oxygen atoms in total. The molecule has 1 aromatic rings. The molecule has 0 atom stereocenters. The number of halogens is 1. The molecule has 14 heavy (non-hydrogen) atoms. The Kier molecular flexibility index (Phi) is 5.24. The number of hydrogen-bond donors (Lipinski definition) is 0. The molecule has 0 saturated heterocycles. The first-order valence-corrected chi connectivity index (χ1v) is 4.35. The zero-order chi connectivity index (χ0) is 9.84. The minimum absolute atomic E-state index is 0. The monoisotopic (exact) mass is 213 g/mol. The van der Waals surface area contributed by atoms with E-state index in [1.54, 1.807) is 6.92 Å². The van der Waals surface area contributed by atoms with Crippen molar-refractivity contribution in [2.24, 2.45) is 0 Å². The van der Waals surface area contributed by atoms with Gasteiger partial charge in [0.15, 0.2) is 0 Å². The molecule has 3 heteroatoms. The molecule has 0 N–H and O–H groups in total. The molecule has 0 aliphatic carbocycles. The second kappa shape index (κ2) is 5.66. The summed E-state index contributed by atoms with van der Waals surface area (Å²) in [6, 6.07) is 8.03. The molecule has 0 aromatic heterocycles. The molecule has 0 aliphatic rings. The molecule has 0 saturated carbocycles. The van der Waals surface area contributed by atoms with Crippen LogP contribution in [0.5, 0.6) is 0 Å². The Bertz CT molecular complexity index is 310. The summed E-state index contributed by atoms with van der Waals surface area (Å²) in [5.74, 6) is 0.205. The fourth-order valence-electron chi connectivity index (χ4n) is 1.23. The first kappa shape index (κ1) is 13.0. The topological polar surface area (TPSA) is 20.3 Å². The van der Waals surface area contributed by atoms with Crippen molar-refractivity contribution in [1.29, 1.82) is 0 Å². The summed E-state index contributed by atoms with van der Waals surface area (Å²) in [6.45, 7) is 1.61. The first-order chi connectivity index (χ1) is 6.09. The van der Waals surface area contributed by atoms with Crippen molar-refractivity contribution in [3.05, 3.63) is 29.8 Å². The largest absolute Gasteiger partial charge is 0.378 e. The van der Waals surface area contributed by atoms with E-state index >= 15 is 0 Å². The Morgan fingerprint density at radius 3 is 2.50 bits per heavy atom. The van der Waals surface area contributed by atoms with E-state index in [0.717, 1.165) is 11.3 Å². The summed E-state index contributed by atoms with van der Waals surface area (Å²) in [5, 5.41) is 0. The Morgan fingerprint density at radius 2 is 2.00 bits per heavy atom. The van der Waals surface area contributed by atoms with Crippen LogP contribution in [0.4, 0.5) is 5.69 Å². The van der Waals surface area contributed by atoms with Crippen molar-refractivity contribution in [3.63, 3.8) is 0 Å². The number of nitrogens with zero attached hydrogens (tertiary/aromatic N) is 1. The number of benzene rings is 1. The van der Waals surface area contributed by atoms with Gasteiger partial charge in [-0.2, -0.15) is 0 Å². The molecule has 0 fully saturated rings. The molecular formula is C11H16ClNO. The number of Topliss-reactive ketones (excluding diaryl/α,β-unsaturated/α-hetero) is 1. The zero-order valence-electron chi connectivity index (χ0n) is 8.78. The molecule has 0 unspecified atom stereocenters. The molecule has 0 aliphatic heterocycles. The molecule has 1 rings (SSSR count). The van der Waals surface area contributed by atoms with Crippen molar-refractivity contribution in [3.8, 4) is 0 Å². The number of carbonyl (C=O) groups is 1. The summed E-state index contributed by atoms with van der Waals surface area (Å²) < 4.78 is 0. The number of anilines is 1. The summed E-state index contributed by atoms with van der Waals surface area (Å²) in [6.07, 6.45) is 0.529. The van der Waals surface area contributed by atoms with E-state index in [1.165, 1.54) is 0 Å². The minimum atomic E-state index is 0. The lowest BCUT2D eigenvalue weighted by molar-refractivity contribution is -0.116. The number of rotatable bonds is 3. The Balaban J connectivity index is 0.00000169. The molecule has 1 aromatic carbocycles. The van der Waals surface area contributed by atoms with Crippen LogP contribution in [-0.2, 0) is 11.2 Å². The van der Waals surface area contributed by atoms with Crippen LogP contribution < -0.4 is 4.90 Å². The van der Waals surface area contributed by atoms with Crippen LogP contribution in [-0.4, -0.2) is 19.9 Å². The maximum atomic E-state index is 10.9. The van der Waals surface area contributed by atoms with Gasteiger partial charge < -0.3 is 4.90 Å². The molecule has 0 heterocycles. The van der Waals surface area contributed by atoms with Gasteiger partial charge in [-0.3, -0.25) is 4.79 Å². The normalized spacial score (nSPS) is 9.07. The Hall–Kier alpha value is -1.02. The van der Waals surface area contributed by atoms with Gasteiger partial charge >= 0.3 is 0 Å². The third kappa shape index (κ3) is 3.79. The SMILES string of the molecule is CC(=O)Cc1cccc(N(C)C)c1.Cl. The highest BCUT2D eigenvalue weighted by Crippen LogP contribution is 2.13. The van der Waals surface area contributed by atoms with Gasteiger partial charge in [-0.25, -0.2) is 0 Å². The maximum Gasteiger partial charge on any atom is 0.134 e. The Morgan fingerprint density at radius 1 is 1.36 bits per heavy atom. The molecule has 0 spiro atoms. The quantitative estimate of drug-likeness (QED) is 0.768. The standard InChI is InChI=1S/C11H15NO.ClH/c1-9(13)7-10-5-4-6-11(8-10)12(2)3;/h4-6,8H,7H2,1-3H3;1H. The van der Waals surface area contributed by atoms with Crippen LogP contribution in [0.3, 0.4) is 0 Å². The van der Waals surface area contributed by atoms with Gasteiger partial charge in [0.05, 0.1) is 0 Å². The van der Waals surface area contributed by atoms with E-state index in [2.05, 4.69) is 0 Å². The zero-order valence-corrected chi connectivity index (χ0v) is 9.60. The average Bonchev–Trinajstić information content (AvgIpc) is 2.03. The molecule has 78 valence electrons. The predicted octanol–water partition coefficient (Wildman–Crippen LogP) is 2.31. The highest BCUT2D eigenvalue weighted by molar-refractivity contribution is 5.85. The highest BCUT2D eigenvalue weighted by Gasteiger charge is 1.99. The minimum Gasteiger partial charge on any atom is -0.378 e. The average molecular weight is 214 g/mol. The predicted molar refractivity (Wildman–Crippen MR) is 62.4 cm³/mol. The van der Waals surface area contributed by atoms with Crippen LogP contribution in [0.25, 0.3) is 0 Å². The second-order valence-electron chi connectivity index (χ2n) is 3.44. The number of ketones is 1. The molecule has 0 radical (unpaired) electrons. The second-order valence-corrected chi connectivity index (χ2v) is 3.44. The number of hydrogen-bond acceptors (Lipinski definition) is 2. The van der Waals surface area contributed by atoms with Crippen molar-refractivity contribution in [2.45, 2.75) is 13.3 Å². The van der Waals surface area contributed by atoms with E-state index in [0.29, 0.717) is 6.42 Å². The van der Waals surface area contributed by atoms with Gasteiger partial charge in [0, 0.05) is 26.2 Å². The summed E-state index contributed by atoms with van der Waals surface area (Å²) in [4.78, 5) is 12.9. The van der Waals surface area contributed by atoms with Crippen molar-refractivity contribution in [1.82, 2.24) is 0 Å². The van der Waals surface area contributed by atoms with Gasteiger partial charge in [0.1, 0.15) is 5.78 Å². The highest BCUT2D eigenvalue weighted by atomic mass is 35.5. The van der Waals surface area contributed by atoms with Gasteiger partial charge in [0.25, 0.3) is 0 Å². The fourth-order valence-corrected chi connectivity index (χ4v) is 1.23. The van der Waals surface area contributed by atoms with E-state index in [-0.39, 0.29) is 18.2 Å². The summed E-state index contributed by atoms with van der Waals surface area (Å²) >= 11 is 0. The van der Waals surface area contributed by atoms with E-state index in [1.807, 2.05) is 43.3 Å². The molecular weight excluding hydrogens is 198 g/mol. The van der Waals surface area contributed by atoms with Gasteiger partial charge in [0.2, 0.25) is 0 Å². The lowest BCUT2D eigenvalue weighted by atomic mass is 10.1. The Labute approximate surface area is 91.3 Å². The lowest BCUT2D eigenvalue weighted by Crippen LogP contribution is -2.09. The van der Waals surface area contributed by atoms with E-state index in [9.17, 15) is 4.79 Å². The third-order valence-electron chi connectivity index (χ3n) is 1.88. The first-order valence-electron chi connectivity index (χ1n) is 4.35. The van der Waals surface area contributed by atoms with Crippen LogP contribution in [0.15, 0.2) is 24.3 Å². The van der Waals surface area contributed by atoms with Crippen LogP contribution in [0.2, 0.25) is 0 Å². The number of carbonyl (C=O) groups excluding carboxylic acids is 1. The van der Waals surface area contributed by atoms with Crippen LogP contribution in [0.1, 0.15) is 12.5 Å². The fraction of sp³-hybridized carbons (Fsp3) is 0.364. The van der Waals surface area contributed by atoms with Crippen molar-refractivity contribution >= 4 is 23.9 Å². The third-order valence-corrected chi connectivity index (χ3v) is 1.88.